The first-order chi connectivity index (χ1) is 15.8. The lowest BCUT2D eigenvalue weighted by molar-refractivity contribution is -0.137. The molecule has 0 saturated heterocycles. The Bertz CT molecular complexity index is 1370. The zero-order chi connectivity index (χ0) is 23.2. The van der Waals surface area contributed by atoms with Gasteiger partial charge < -0.3 is 5.32 Å². The summed E-state index contributed by atoms with van der Waals surface area (Å²) in [5.74, 6) is -0.200. The molecule has 1 aromatic carbocycles. The molecule has 0 atom stereocenters. The highest BCUT2D eigenvalue weighted by molar-refractivity contribution is 5.75. The van der Waals surface area contributed by atoms with E-state index in [4.69, 9.17) is 0 Å². The third-order valence-electron chi connectivity index (χ3n) is 5.35. The Morgan fingerprint density at radius 3 is 2.67 bits per heavy atom. The fourth-order valence-corrected chi connectivity index (χ4v) is 3.63. The molecule has 0 radical (unpaired) electrons. The average molecular weight is 455 g/mol. The summed E-state index contributed by atoms with van der Waals surface area (Å²) in [5.41, 5.74) is 3.35. The van der Waals surface area contributed by atoms with E-state index in [0.29, 0.717) is 18.2 Å². The van der Waals surface area contributed by atoms with Crippen LogP contribution in [0.15, 0.2) is 55.3 Å². The zero-order valence-corrected chi connectivity index (χ0v) is 17.3. The lowest BCUT2D eigenvalue weighted by Crippen LogP contribution is -2.08. The van der Waals surface area contributed by atoms with E-state index >= 15 is 0 Å². The number of hydrogen-bond donors (Lipinski definition) is 1. The van der Waals surface area contributed by atoms with Crippen LogP contribution in [0, 0.1) is 5.82 Å². The summed E-state index contributed by atoms with van der Waals surface area (Å²) in [5, 5.41) is 15.5. The summed E-state index contributed by atoms with van der Waals surface area (Å²) < 4.78 is 55.5. The summed E-state index contributed by atoms with van der Waals surface area (Å²) in [6.07, 6.45) is 4.82. The highest BCUT2D eigenvalue weighted by Crippen LogP contribution is 2.31. The van der Waals surface area contributed by atoms with Gasteiger partial charge in [0.2, 0.25) is 0 Å². The molecule has 4 aromatic rings. The molecule has 0 aliphatic carbocycles. The molecule has 33 heavy (non-hydrogen) atoms. The van der Waals surface area contributed by atoms with Crippen molar-refractivity contribution in [3.05, 3.63) is 83.5 Å². The summed E-state index contributed by atoms with van der Waals surface area (Å²) in [7, 11) is 1.84. The topological polar surface area (TPSA) is 73.5 Å². The number of nitrogens with one attached hydrogen (secondary N) is 1. The van der Waals surface area contributed by atoms with Gasteiger partial charge in [-0.15, -0.1) is 5.10 Å². The second-order valence-corrected chi connectivity index (χ2v) is 7.73. The minimum absolute atomic E-state index is 0.0407. The number of halogens is 4. The Balaban J connectivity index is 1.34. The van der Waals surface area contributed by atoms with Crippen molar-refractivity contribution in [1.82, 2.24) is 29.8 Å². The van der Waals surface area contributed by atoms with Crippen LogP contribution in [0.5, 0.6) is 0 Å². The lowest BCUT2D eigenvalue weighted by Gasteiger charge is -2.17. The van der Waals surface area contributed by atoms with Gasteiger partial charge in [0.05, 0.1) is 24.5 Å². The van der Waals surface area contributed by atoms with Crippen LogP contribution in [-0.4, -0.2) is 29.8 Å². The zero-order valence-electron chi connectivity index (χ0n) is 17.3. The van der Waals surface area contributed by atoms with Gasteiger partial charge in [-0.1, -0.05) is 11.3 Å². The Morgan fingerprint density at radius 2 is 1.94 bits per heavy atom. The van der Waals surface area contributed by atoms with Crippen LogP contribution in [0.25, 0.3) is 16.7 Å². The number of benzene rings is 1. The maximum absolute atomic E-state index is 14.2. The van der Waals surface area contributed by atoms with E-state index in [1.165, 1.54) is 4.68 Å². The monoisotopic (exact) mass is 455 g/mol. The highest BCUT2D eigenvalue weighted by Gasteiger charge is 2.31. The maximum atomic E-state index is 14.2. The number of rotatable bonds is 4. The van der Waals surface area contributed by atoms with Gasteiger partial charge in [0.15, 0.2) is 0 Å². The number of anilines is 1. The lowest BCUT2D eigenvalue weighted by atomic mass is 9.99. The van der Waals surface area contributed by atoms with E-state index in [9.17, 15) is 17.6 Å². The predicted octanol–water partition coefficient (Wildman–Crippen LogP) is 4.29. The van der Waals surface area contributed by atoms with Crippen molar-refractivity contribution in [3.8, 4) is 11.1 Å². The molecule has 4 heterocycles. The molecule has 5 rings (SSSR count). The molecule has 0 unspecified atom stereocenters. The summed E-state index contributed by atoms with van der Waals surface area (Å²) in [4.78, 5) is 4.47. The Hall–Kier alpha value is -4.02. The molecule has 0 fully saturated rings. The van der Waals surface area contributed by atoms with Gasteiger partial charge >= 0.3 is 6.18 Å². The smallest absolute Gasteiger partial charge is 0.346 e. The molecule has 0 bridgehead atoms. The summed E-state index contributed by atoms with van der Waals surface area (Å²) in [6, 6.07) is 4.49. The average Bonchev–Trinajstić information content (AvgIpc) is 3.43. The number of aryl methyl sites for hydroxylation is 1. The van der Waals surface area contributed by atoms with E-state index in [1.54, 1.807) is 29.5 Å². The molecule has 3 aromatic heterocycles. The second kappa shape index (κ2) is 7.84. The molecule has 11 heteroatoms. The molecule has 1 aliphatic heterocycles. The van der Waals surface area contributed by atoms with Crippen molar-refractivity contribution in [2.24, 2.45) is 7.05 Å². The fraction of sp³-hybridized carbons (Fsp3) is 0.182. The molecular formula is C22H17F4N7. The van der Waals surface area contributed by atoms with Crippen LogP contribution < -0.4 is 5.32 Å². The Morgan fingerprint density at radius 1 is 1.09 bits per heavy atom. The standard InChI is InChI=1S/C22H17F4N7/c1-32-10-17(9-29-32)15-4-14-5-16(8-28-21(14)27-7-15)20-12-33(31-30-20)11-13-2-3-18(6-19(13)23)22(24,25)26/h2-4,6-10,12H,5,11H2,1H3,(H,27,28). The normalized spacial score (nSPS) is 13.4. The molecule has 168 valence electrons. The van der Waals surface area contributed by atoms with Gasteiger partial charge in [-0.05, 0) is 23.8 Å². The molecule has 0 spiro atoms. The third kappa shape index (κ3) is 4.21. The first-order valence-electron chi connectivity index (χ1n) is 9.96. The van der Waals surface area contributed by atoms with Crippen molar-refractivity contribution < 1.29 is 17.6 Å². The van der Waals surface area contributed by atoms with Crippen LogP contribution in [0.4, 0.5) is 23.4 Å². The van der Waals surface area contributed by atoms with Gasteiger partial charge in [-0.3, -0.25) is 4.68 Å². The summed E-state index contributed by atoms with van der Waals surface area (Å²) >= 11 is 0. The van der Waals surface area contributed by atoms with Crippen molar-refractivity contribution >= 4 is 11.4 Å². The van der Waals surface area contributed by atoms with E-state index < -0.39 is 17.6 Å². The van der Waals surface area contributed by atoms with Crippen molar-refractivity contribution in [3.63, 3.8) is 0 Å². The number of allylic oxidation sites excluding steroid dienone is 1. The number of aromatic nitrogens is 6. The quantitative estimate of drug-likeness (QED) is 0.465. The Kier molecular flexibility index (Phi) is 4.95. The third-order valence-corrected chi connectivity index (χ3v) is 5.35. The SMILES string of the molecule is Cn1cc(-c2cnc3c(c2)CC(c2cn(Cc4ccc(C(F)(F)F)cc4F)nn2)=CN3)cn1. The second-order valence-electron chi connectivity index (χ2n) is 7.73. The van der Waals surface area contributed by atoms with E-state index in [2.05, 4.69) is 25.7 Å². The van der Waals surface area contributed by atoms with Gasteiger partial charge in [-0.2, -0.15) is 18.3 Å². The van der Waals surface area contributed by atoms with Crippen LogP contribution in [0.2, 0.25) is 0 Å². The number of fused-ring (bicyclic) bond motifs is 1. The summed E-state index contributed by atoms with van der Waals surface area (Å²) in [6.45, 7) is -0.0407. The van der Waals surface area contributed by atoms with E-state index in [1.807, 2.05) is 19.3 Å². The Labute approximate surface area is 185 Å². The number of pyridine rings is 1. The molecule has 1 aliphatic rings. The van der Waals surface area contributed by atoms with Crippen molar-refractivity contribution in [2.75, 3.05) is 5.32 Å². The van der Waals surface area contributed by atoms with Crippen LogP contribution in [0.3, 0.4) is 0 Å². The number of nitrogens with zero attached hydrogens (tertiary/aromatic N) is 6. The highest BCUT2D eigenvalue weighted by atomic mass is 19.4. The van der Waals surface area contributed by atoms with E-state index in [0.717, 1.165) is 40.2 Å². The van der Waals surface area contributed by atoms with Crippen LogP contribution in [-0.2, 0) is 26.2 Å². The molecule has 0 saturated carbocycles. The van der Waals surface area contributed by atoms with E-state index in [-0.39, 0.29) is 12.1 Å². The molecule has 1 N–H and O–H groups in total. The maximum Gasteiger partial charge on any atom is 0.416 e. The molecular weight excluding hydrogens is 438 g/mol. The first-order valence-corrected chi connectivity index (χ1v) is 9.96. The number of hydrogen-bond acceptors (Lipinski definition) is 5. The van der Waals surface area contributed by atoms with Crippen LogP contribution in [0.1, 0.15) is 22.4 Å². The van der Waals surface area contributed by atoms with Crippen molar-refractivity contribution in [2.45, 2.75) is 19.1 Å². The number of alkyl halides is 3. The fourth-order valence-electron chi connectivity index (χ4n) is 3.63. The van der Waals surface area contributed by atoms with Gasteiger partial charge in [0.25, 0.3) is 0 Å². The molecule has 7 nitrogen and oxygen atoms in total. The minimum Gasteiger partial charge on any atom is -0.346 e. The predicted molar refractivity (Wildman–Crippen MR) is 112 cm³/mol. The van der Waals surface area contributed by atoms with Gasteiger partial charge in [0, 0.05) is 54.3 Å². The van der Waals surface area contributed by atoms with Gasteiger partial charge in [-0.25, -0.2) is 14.1 Å². The van der Waals surface area contributed by atoms with Crippen molar-refractivity contribution in [1.29, 1.82) is 0 Å². The minimum atomic E-state index is -4.59. The molecule has 0 amide bonds. The largest absolute Gasteiger partial charge is 0.416 e. The van der Waals surface area contributed by atoms with Crippen LogP contribution >= 0.6 is 0 Å². The van der Waals surface area contributed by atoms with Gasteiger partial charge in [0.1, 0.15) is 17.3 Å². The first kappa shape index (κ1) is 20.9.